The van der Waals surface area contributed by atoms with Crippen molar-refractivity contribution in [1.29, 1.82) is 0 Å². The summed E-state index contributed by atoms with van der Waals surface area (Å²) in [5.74, 6) is 0.110. The predicted molar refractivity (Wildman–Crippen MR) is 102 cm³/mol. The van der Waals surface area contributed by atoms with Crippen LogP contribution in [0.3, 0.4) is 0 Å². The molecule has 25 heavy (non-hydrogen) atoms. The van der Waals surface area contributed by atoms with Gasteiger partial charge in [0.05, 0.1) is 13.2 Å². The Morgan fingerprint density at radius 3 is 1.72 bits per heavy atom. The molecule has 0 N–H and O–H groups in total. The van der Waals surface area contributed by atoms with Gasteiger partial charge in [-0.25, -0.2) is 0 Å². The molecule has 0 bridgehead atoms. The maximum Gasteiger partial charge on any atom is 0.254 e. The molecule has 2 aromatic carbocycles. The average Bonchev–Trinajstić information content (AvgIpc) is 2.56. The highest BCUT2D eigenvalue weighted by atomic mass is 16.5. The van der Waals surface area contributed by atoms with Gasteiger partial charge in [0, 0.05) is 18.7 Å². The lowest BCUT2D eigenvalue weighted by atomic mass is 9.87. The van der Waals surface area contributed by atoms with Gasteiger partial charge in [0.15, 0.2) is 0 Å². The summed E-state index contributed by atoms with van der Waals surface area (Å²) < 4.78 is 5.35. The van der Waals surface area contributed by atoms with Gasteiger partial charge in [0.1, 0.15) is 0 Å². The number of hydrogen-bond acceptors (Lipinski definition) is 2. The zero-order chi connectivity index (χ0) is 18.1. The minimum atomic E-state index is 0.110. The molecule has 2 aromatic rings. The summed E-state index contributed by atoms with van der Waals surface area (Å²) in [6.45, 7) is 13.3. The number of amides is 1. The van der Waals surface area contributed by atoms with E-state index in [1.807, 2.05) is 17.0 Å². The highest BCUT2D eigenvalue weighted by Crippen LogP contribution is 2.34. The van der Waals surface area contributed by atoms with Gasteiger partial charge in [0.2, 0.25) is 0 Å². The van der Waals surface area contributed by atoms with Crippen molar-refractivity contribution in [3.63, 3.8) is 0 Å². The molecule has 1 aliphatic heterocycles. The van der Waals surface area contributed by atoms with Gasteiger partial charge in [-0.1, -0.05) is 17.7 Å². The molecule has 3 nitrogen and oxygen atoms in total. The topological polar surface area (TPSA) is 29.5 Å². The minimum absolute atomic E-state index is 0.110. The Morgan fingerprint density at radius 2 is 1.24 bits per heavy atom. The van der Waals surface area contributed by atoms with E-state index in [0.717, 1.165) is 16.7 Å². The maximum atomic E-state index is 12.8. The summed E-state index contributed by atoms with van der Waals surface area (Å²) in [5, 5.41) is 0. The van der Waals surface area contributed by atoms with E-state index in [1.54, 1.807) is 0 Å². The van der Waals surface area contributed by atoms with E-state index >= 15 is 0 Å². The second kappa shape index (κ2) is 7.01. The smallest absolute Gasteiger partial charge is 0.254 e. The lowest BCUT2D eigenvalue weighted by Gasteiger charge is -2.27. The second-order valence-corrected chi connectivity index (χ2v) is 7.16. The summed E-state index contributed by atoms with van der Waals surface area (Å²) >= 11 is 0. The van der Waals surface area contributed by atoms with Crippen LogP contribution in [0.4, 0.5) is 0 Å². The summed E-state index contributed by atoms with van der Waals surface area (Å²) in [7, 11) is 0. The molecule has 1 aliphatic rings. The quantitative estimate of drug-likeness (QED) is 0.814. The van der Waals surface area contributed by atoms with Gasteiger partial charge in [-0.05, 0) is 80.1 Å². The second-order valence-electron chi connectivity index (χ2n) is 7.16. The van der Waals surface area contributed by atoms with Crippen LogP contribution in [-0.2, 0) is 4.74 Å². The molecule has 1 heterocycles. The Hall–Kier alpha value is -2.13. The van der Waals surface area contributed by atoms with Crippen LogP contribution in [0.15, 0.2) is 24.3 Å². The van der Waals surface area contributed by atoms with Gasteiger partial charge in [-0.15, -0.1) is 0 Å². The summed E-state index contributed by atoms with van der Waals surface area (Å²) in [6, 6.07) is 8.54. The van der Waals surface area contributed by atoms with E-state index in [1.165, 1.54) is 27.8 Å². The molecule has 1 fully saturated rings. The van der Waals surface area contributed by atoms with Gasteiger partial charge in [-0.3, -0.25) is 4.79 Å². The first-order chi connectivity index (χ1) is 11.9. The third-order valence-electron chi connectivity index (χ3n) is 5.00. The maximum absolute atomic E-state index is 12.8. The van der Waals surface area contributed by atoms with Crippen LogP contribution in [0.2, 0.25) is 0 Å². The number of hydrogen-bond donors (Lipinski definition) is 0. The molecule has 1 amide bonds. The fourth-order valence-electron chi connectivity index (χ4n) is 4.00. The monoisotopic (exact) mass is 337 g/mol. The molecule has 0 aromatic heterocycles. The molecule has 0 spiro atoms. The molecule has 3 heteroatoms. The molecule has 3 rings (SSSR count). The van der Waals surface area contributed by atoms with E-state index in [2.05, 4.69) is 46.8 Å². The summed E-state index contributed by atoms with van der Waals surface area (Å²) in [4.78, 5) is 14.7. The number of carbonyl (C=O) groups is 1. The van der Waals surface area contributed by atoms with E-state index < -0.39 is 0 Å². The first-order valence-corrected chi connectivity index (χ1v) is 8.95. The van der Waals surface area contributed by atoms with E-state index in [-0.39, 0.29) is 5.91 Å². The van der Waals surface area contributed by atoms with E-state index in [9.17, 15) is 4.79 Å². The summed E-state index contributed by atoms with van der Waals surface area (Å²) in [5.41, 5.74) is 9.51. The number of morpholine rings is 1. The van der Waals surface area contributed by atoms with Crippen molar-refractivity contribution in [3.05, 3.63) is 57.6 Å². The fraction of sp³-hybridized carbons (Fsp3) is 0.409. The first-order valence-electron chi connectivity index (χ1n) is 8.95. The molecular formula is C22H27NO2. The number of nitrogens with zero attached hydrogens (tertiary/aromatic N) is 1. The average molecular weight is 337 g/mol. The van der Waals surface area contributed by atoms with Crippen molar-refractivity contribution in [2.75, 3.05) is 26.3 Å². The zero-order valence-electron chi connectivity index (χ0n) is 15.9. The van der Waals surface area contributed by atoms with Crippen LogP contribution in [0.5, 0.6) is 0 Å². The largest absolute Gasteiger partial charge is 0.378 e. The lowest BCUT2D eigenvalue weighted by Crippen LogP contribution is -2.40. The van der Waals surface area contributed by atoms with Crippen LogP contribution < -0.4 is 0 Å². The van der Waals surface area contributed by atoms with Gasteiger partial charge < -0.3 is 9.64 Å². The van der Waals surface area contributed by atoms with Crippen molar-refractivity contribution in [2.24, 2.45) is 0 Å². The van der Waals surface area contributed by atoms with Crippen molar-refractivity contribution in [1.82, 2.24) is 4.90 Å². The van der Waals surface area contributed by atoms with Crippen LogP contribution in [0, 0.1) is 34.6 Å². The highest BCUT2D eigenvalue weighted by molar-refractivity contribution is 5.96. The van der Waals surface area contributed by atoms with Crippen molar-refractivity contribution < 1.29 is 9.53 Å². The molecule has 0 aliphatic carbocycles. The lowest BCUT2D eigenvalue weighted by molar-refractivity contribution is 0.0303. The normalized spacial score (nSPS) is 14.7. The van der Waals surface area contributed by atoms with E-state index in [4.69, 9.17) is 4.74 Å². The van der Waals surface area contributed by atoms with Crippen molar-refractivity contribution in [2.45, 2.75) is 34.6 Å². The molecule has 132 valence electrons. The Kier molecular flexibility index (Phi) is 4.96. The van der Waals surface area contributed by atoms with E-state index in [0.29, 0.717) is 26.3 Å². The molecule has 0 unspecified atom stereocenters. The third-order valence-corrected chi connectivity index (χ3v) is 5.00. The fourth-order valence-corrected chi connectivity index (χ4v) is 4.00. The number of carbonyl (C=O) groups excluding carboxylic acids is 1. The first kappa shape index (κ1) is 17.7. The molecule has 0 atom stereocenters. The molecule has 1 saturated heterocycles. The molecule has 0 radical (unpaired) electrons. The van der Waals surface area contributed by atoms with Crippen LogP contribution in [-0.4, -0.2) is 37.1 Å². The number of aryl methyl sites for hydroxylation is 5. The highest BCUT2D eigenvalue weighted by Gasteiger charge is 2.21. The van der Waals surface area contributed by atoms with Crippen LogP contribution in [0.1, 0.15) is 38.2 Å². The molecule has 0 saturated carbocycles. The Bertz CT molecular complexity index is 771. The molecular weight excluding hydrogens is 310 g/mol. The third kappa shape index (κ3) is 3.47. The summed E-state index contributed by atoms with van der Waals surface area (Å²) in [6.07, 6.45) is 0. The standard InChI is InChI=1S/C22H27NO2/c1-14-10-15(2)20(16(3)11-14)21-17(4)12-19(13-18(21)5)22(24)23-6-8-25-9-7-23/h10-13H,6-9H2,1-5H3. The SMILES string of the molecule is Cc1cc(C)c(-c2c(C)cc(C(=O)N3CCOCC3)cc2C)c(C)c1. The van der Waals surface area contributed by atoms with Gasteiger partial charge >= 0.3 is 0 Å². The zero-order valence-corrected chi connectivity index (χ0v) is 15.9. The van der Waals surface area contributed by atoms with Crippen LogP contribution in [0.25, 0.3) is 11.1 Å². The van der Waals surface area contributed by atoms with Gasteiger partial charge in [0.25, 0.3) is 5.91 Å². The van der Waals surface area contributed by atoms with Crippen molar-refractivity contribution in [3.8, 4) is 11.1 Å². The van der Waals surface area contributed by atoms with Crippen LogP contribution >= 0.6 is 0 Å². The Morgan fingerprint density at radius 1 is 0.800 bits per heavy atom. The minimum Gasteiger partial charge on any atom is -0.378 e. The van der Waals surface area contributed by atoms with Crippen molar-refractivity contribution >= 4 is 5.91 Å². The Balaban J connectivity index is 2.03. The number of rotatable bonds is 2. The number of ether oxygens (including phenoxy) is 1. The number of benzene rings is 2. The van der Waals surface area contributed by atoms with Gasteiger partial charge in [-0.2, -0.15) is 0 Å². The predicted octanol–water partition coefficient (Wildman–Crippen LogP) is 4.37. The Labute approximate surface area is 150 Å².